The molecule has 0 saturated heterocycles. The summed E-state index contributed by atoms with van der Waals surface area (Å²) in [5, 5.41) is 10.2. The summed E-state index contributed by atoms with van der Waals surface area (Å²) in [6.45, 7) is 2.36. The Kier molecular flexibility index (Phi) is 3.22. The quantitative estimate of drug-likeness (QED) is 0.714. The molecule has 1 rings (SSSR count). The number of hydroxylamine groups is 2. The number of methoxy groups -OCH3 is 1. The number of aromatic nitrogens is 1. The maximum atomic E-state index is 9.03. The highest BCUT2D eigenvalue weighted by Crippen LogP contribution is 2.12. The standard InChI is InChI=1S/C9H14N2O2/c1-7-4-8(6-11(2)12)5-9(10-7)13-3/h4-5,12H,6H2,1-3H3. The largest absolute Gasteiger partial charge is 0.481 e. The van der Waals surface area contributed by atoms with E-state index in [-0.39, 0.29) is 0 Å². The average Bonchev–Trinajstić information content (AvgIpc) is 2.01. The minimum absolute atomic E-state index is 0.472. The fraction of sp³-hybridized carbons (Fsp3) is 0.444. The number of pyridine rings is 1. The molecule has 0 radical (unpaired) electrons. The zero-order valence-electron chi connectivity index (χ0n) is 8.11. The van der Waals surface area contributed by atoms with Gasteiger partial charge < -0.3 is 9.94 Å². The second-order valence-electron chi connectivity index (χ2n) is 2.97. The van der Waals surface area contributed by atoms with Crippen molar-refractivity contribution < 1.29 is 9.94 Å². The van der Waals surface area contributed by atoms with Crippen LogP contribution in [-0.4, -0.2) is 29.4 Å². The fourth-order valence-corrected chi connectivity index (χ4v) is 1.17. The number of ether oxygens (including phenoxy) is 1. The molecule has 1 heterocycles. The van der Waals surface area contributed by atoms with E-state index < -0.39 is 0 Å². The Morgan fingerprint density at radius 1 is 1.54 bits per heavy atom. The smallest absolute Gasteiger partial charge is 0.213 e. The summed E-state index contributed by atoms with van der Waals surface area (Å²) in [6.07, 6.45) is 0. The third-order valence-corrected chi connectivity index (χ3v) is 1.61. The zero-order chi connectivity index (χ0) is 9.84. The van der Waals surface area contributed by atoms with Gasteiger partial charge in [0.15, 0.2) is 0 Å². The fourth-order valence-electron chi connectivity index (χ4n) is 1.17. The highest BCUT2D eigenvalue weighted by molar-refractivity contribution is 5.24. The minimum atomic E-state index is 0.472. The molecule has 0 saturated carbocycles. The SMILES string of the molecule is COc1cc(CN(C)O)cc(C)n1. The highest BCUT2D eigenvalue weighted by atomic mass is 16.5. The molecule has 0 aliphatic carbocycles. The van der Waals surface area contributed by atoms with Crippen molar-refractivity contribution in [3.8, 4) is 5.88 Å². The molecule has 1 N–H and O–H groups in total. The third kappa shape index (κ3) is 3.01. The van der Waals surface area contributed by atoms with Gasteiger partial charge in [0, 0.05) is 25.4 Å². The molecule has 0 bridgehead atoms. The van der Waals surface area contributed by atoms with E-state index in [1.165, 1.54) is 0 Å². The first-order valence-electron chi connectivity index (χ1n) is 4.03. The number of hydrogen-bond donors (Lipinski definition) is 1. The lowest BCUT2D eigenvalue weighted by atomic mass is 10.2. The van der Waals surface area contributed by atoms with Crippen LogP contribution in [0.4, 0.5) is 0 Å². The van der Waals surface area contributed by atoms with Gasteiger partial charge in [-0.25, -0.2) is 4.98 Å². The van der Waals surface area contributed by atoms with Crippen LogP contribution in [0.1, 0.15) is 11.3 Å². The van der Waals surface area contributed by atoms with Gasteiger partial charge in [-0.1, -0.05) is 0 Å². The Bertz CT molecular complexity index is 287. The van der Waals surface area contributed by atoms with E-state index in [0.717, 1.165) is 16.3 Å². The molecule has 72 valence electrons. The number of hydrogen-bond acceptors (Lipinski definition) is 4. The first-order valence-corrected chi connectivity index (χ1v) is 4.03. The van der Waals surface area contributed by atoms with Gasteiger partial charge in [0.2, 0.25) is 5.88 Å². The summed E-state index contributed by atoms with van der Waals surface area (Å²) in [4.78, 5) is 4.14. The lowest BCUT2D eigenvalue weighted by Gasteiger charge is -2.09. The van der Waals surface area contributed by atoms with Crippen LogP contribution >= 0.6 is 0 Å². The monoisotopic (exact) mass is 182 g/mol. The predicted molar refractivity (Wildman–Crippen MR) is 48.8 cm³/mol. The van der Waals surface area contributed by atoms with Gasteiger partial charge in [-0.05, 0) is 18.6 Å². The van der Waals surface area contributed by atoms with Gasteiger partial charge in [0.25, 0.3) is 0 Å². The summed E-state index contributed by atoms with van der Waals surface area (Å²) in [6, 6.07) is 3.72. The van der Waals surface area contributed by atoms with Crippen molar-refractivity contribution in [2.45, 2.75) is 13.5 Å². The van der Waals surface area contributed by atoms with E-state index in [9.17, 15) is 0 Å². The lowest BCUT2D eigenvalue weighted by molar-refractivity contribution is -0.0732. The van der Waals surface area contributed by atoms with Crippen molar-refractivity contribution in [3.05, 3.63) is 23.4 Å². The molecule has 4 nitrogen and oxygen atoms in total. The first kappa shape index (κ1) is 9.95. The Labute approximate surface area is 77.7 Å². The van der Waals surface area contributed by atoms with Crippen LogP contribution in [-0.2, 0) is 6.54 Å². The van der Waals surface area contributed by atoms with E-state index >= 15 is 0 Å². The summed E-state index contributed by atoms with van der Waals surface area (Å²) in [5.41, 5.74) is 1.87. The normalized spacial score (nSPS) is 10.5. The Morgan fingerprint density at radius 3 is 2.77 bits per heavy atom. The van der Waals surface area contributed by atoms with Crippen molar-refractivity contribution in [1.29, 1.82) is 0 Å². The molecule has 13 heavy (non-hydrogen) atoms. The van der Waals surface area contributed by atoms with Crippen molar-refractivity contribution in [1.82, 2.24) is 10.0 Å². The van der Waals surface area contributed by atoms with Gasteiger partial charge in [-0.3, -0.25) is 0 Å². The first-order chi connectivity index (χ1) is 6.11. The topological polar surface area (TPSA) is 45.6 Å². The lowest BCUT2D eigenvalue weighted by Crippen LogP contribution is -2.12. The molecule has 0 unspecified atom stereocenters. The minimum Gasteiger partial charge on any atom is -0.481 e. The van der Waals surface area contributed by atoms with Gasteiger partial charge >= 0.3 is 0 Å². The van der Waals surface area contributed by atoms with Crippen molar-refractivity contribution >= 4 is 0 Å². The second kappa shape index (κ2) is 4.20. The van der Waals surface area contributed by atoms with Crippen LogP contribution in [0.3, 0.4) is 0 Å². The Balaban J connectivity index is 2.88. The summed E-state index contributed by atoms with van der Waals surface area (Å²) >= 11 is 0. The molecule has 0 spiro atoms. The van der Waals surface area contributed by atoms with Gasteiger partial charge in [0.05, 0.1) is 7.11 Å². The Morgan fingerprint density at radius 2 is 2.23 bits per heavy atom. The van der Waals surface area contributed by atoms with Crippen molar-refractivity contribution in [2.24, 2.45) is 0 Å². The van der Waals surface area contributed by atoms with Crippen LogP contribution in [0, 0.1) is 6.92 Å². The average molecular weight is 182 g/mol. The molecule has 1 aromatic heterocycles. The van der Waals surface area contributed by atoms with Crippen LogP contribution < -0.4 is 4.74 Å². The zero-order valence-corrected chi connectivity index (χ0v) is 8.11. The summed E-state index contributed by atoms with van der Waals surface area (Å²) < 4.78 is 5.01. The van der Waals surface area contributed by atoms with E-state index in [1.54, 1.807) is 20.2 Å². The summed E-state index contributed by atoms with van der Waals surface area (Å²) in [7, 11) is 3.18. The maximum Gasteiger partial charge on any atom is 0.213 e. The highest BCUT2D eigenvalue weighted by Gasteiger charge is 2.01. The summed E-state index contributed by atoms with van der Waals surface area (Å²) in [5.74, 6) is 0.580. The van der Waals surface area contributed by atoms with E-state index in [1.807, 2.05) is 13.0 Å². The van der Waals surface area contributed by atoms with Crippen LogP contribution in [0.2, 0.25) is 0 Å². The van der Waals surface area contributed by atoms with Crippen LogP contribution in [0.25, 0.3) is 0 Å². The van der Waals surface area contributed by atoms with Crippen molar-refractivity contribution in [3.63, 3.8) is 0 Å². The molecule has 0 amide bonds. The molecular weight excluding hydrogens is 168 g/mol. The van der Waals surface area contributed by atoms with E-state index in [0.29, 0.717) is 12.4 Å². The molecule has 1 aromatic rings. The molecule has 0 aliphatic rings. The molecule has 0 fully saturated rings. The number of aryl methyl sites for hydroxylation is 1. The van der Waals surface area contributed by atoms with Crippen LogP contribution in [0.15, 0.2) is 12.1 Å². The molecule has 4 heteroatoms. The van der Waals surface area contributed by atoms with Gasteiger partial charge in [0.1, 0.15) is 0 Å². The molecular formula is C9H14N2O2. The number of rotatable bonds is 3. The van der Waals surface area contributed by atoms with Crippen molar-refractivity contribution in [2.75, 3.05) is 14.2 Å². The van der Waals surface area contributed by atoms with Gasteiger partial charge in [-0.15, -0.1) is 0 Å². The number of nitrogens with zero attached hydrogens (tertiary/aromatic N) is 2. The van der Waals surface area contributed by atoms with Gasteiger partial charge in [-0.2, -0.15) is 5.06 Å². The molecule has 0 aliphatic heterocycles. The molecule has 0 aromatic carbocycles. The Hall–Kier alpha value is -1.13. The molecule has 0 atom stereocenters. The maximum absolute atomic E-state index is 9.03. The van der Waals surface area contributed by atoms with E-state index in [4.69, 9.17) is 9.94 Å². The predicted octanol–water partition coefficient (Wildman–Crippen LogP) is 1.22. The van der Waals surface area contributed by atoms with E-state index in [2.05, 4.69) is 4.98 Å². The van der Waals surface area contributed by atoms with Crippen LogP contribution in [0.5, 0.6) is 5.88 Å². The second-order valence-corrected chi connectivity index (χ2v) is 2.97. The third-order valence-electron chi connectivity index (χ3n) is 1.61.